The van der Waals surface area contributed by atoms with Gasteiger partial charge in [0, 0.05) is 21.2 Å². The zero-order chi connectivity index (χ0) is 14.7. The highest BCUT2D eigenvalue weighted by molar-refractivity contribution is 9.10. The van der Waals surface area contributed by atoms with Gasteiger partial charge in [0.2, 0.25) is 0 Å². The van der Waals surface area contributed by atoms with Crippen LogP contribution in [0.4, 0.5) is 5.69 Å². The minimum Gasteiger partial charge on any atom is -0.387 e. The van der Waals surface area contributed by atoms with Crippen LogP contribution in [0.5, 0.6) is 0 Å². The molecule has 0 heterocycles. The fourth-order valence-corrected chi connectivity index (χ4v) is 2.74. The van der Waals surface area contributed by atoms with E-state index in [9.17, 15) is 5.11 Å². The number of aliphatic hydroxyl groups excluding tert-OH is 1. The maximum atomic E-state index is 10.2. The quantitative estimate of drug-likeness (QED) is 0.761. The summed E-state index contributed by atoms with van der Waals surface area (Å²) in [5, 5.41) is 13.5. The molecule has 2 rings (SSSR count). The van der Waals surface area contributed by atoms with Crippen LogP contribution in [0, 0.1) is 13.8 Å². The van der Waals surface area contributed by atoms with Crippen molar-refractivity contribution in [3.8, 4) is 0 Å². The second-order valence-electron chi connectivity index (χ2n) is 4.88. The van der Waals surface area contributed by atoms with Crippen molar-refractivity contribution in [2.45, 2.75) is 20.0 Å². The van der Waals surface area contributed by atoms with Gasteiger partial charge < -0.3 is 10.4 Å². The molecule has 0 radical (unpaired) electrons. The summed E-state index contributed by atoms with van der Waals surface area (Å²) in [5.74, 6) is 0. The number of hydrogen-bond donors (Lipinski definition) is 2. The molecule has 2 aromatic carbocycles. The Kier molecular flexibility index (Phi) is 5.24. The Bertz CT molecular complexity index is 590. The standard InChI is InChI=1S/C16H17Br2NO/c1-10-6-14(7-11(2)16(10)18)19-9-15(20)12-4-3-5-13(17)8-12/h3-8,15,19-20H,9H2,1-2H3. The fraction of sp³-hybridized carbons (Fsp3) is 0.250. The van der Waals surface area contributed by atoms with Crippen LogP contribution in [0.1, 0.15) is 22.8 Å². The molecule has 106 valence electrons. The van der Waals surface area contributed by atoms with Crippen LogP contribution in [-0.4, -0.2) is 11.7 Å². The monoisotopic (exact) mass is 397 g/mol. The van der Waals surface area contributed by atoms with Crippen LogP contribution in [0.2, 0.25) is 0 Å². The third kappa shape index (κ3) is 3.84. The Labute approximate surface area is 136 Å². The van der Waals surface area contributed by atoms with E-state index in [0.29, 0.717) is 6.54 Å². The van der Waals surface area contributed by atoms with Crippen molar-refractivity contribution in [1.82, 2.24) is 0 Å². The van der Waals surface area contributed by atoms with Crippen molar-refractivity contribution in [2.24, 2.45) is 0 Å². The molecular formula is C16H17Br2NO. The lowest BCUT2D eigenvalue weighted by Gasteiger charge is -2.15. The molecule has 2 N–H and O–H groups in total. The average Bonchev–Trinajstić information content (AvgIpc) is 2.42. The summed E-state index contributed by atoms with van der Waals surface area (Å²) in [6, 6.07) is 11.9. The van der Waals surface area contributed by atoms with Crippen molar-refractivity contribution >= 4 is 37.5 Å². The number of anilines is 1. The van der Waals surface area contributed by atoms with Crippen LogP contribution >= 0.6 is 31.9 Å². The maximum absolute atomic E-state index is 10.2. The van der Waals surface area contributed by atoms with Crippen LogP contribution < -0.4 is 5.32 Å². The molecule has 2 aromatic rings. The zero-order valence-electron chi connectivity index (χ0n) is 11.5. The predicted octanol–water partition coefficient (Wildman–Crippen LogP) is 4.97. The Morgan fingerprint density at radius 1 is 1.10 bits per heavy atom. The number of nitrogens with one attached hydrogen (secondary N) is 1. The first-order valence-corrected chi connectivity index (χ1v) is 8.00. The molecule has 0 aliphatic heterocycles. The first-order chi connectivity index (χ1) is 9.47. The van der Waals surface area contributed by atoms with Gasteiger partial charge in [-0.1, -0.05) is 44.0 Å². The molecule has 0 saturated heterocycles. The van der Waals surface area contributed by atoms with Crippen molar-refractivity contribution in [3.63, 3.8) is 0 Å². The SMILES string of the molecule is Cc1cc(NCC(O)c2cccc(Br)c2)cc(C)c1Br. The van der Waals surface area contributed by atoms with E-state index in [1.807, 2.05) is 24.3 Å². The fourth-order valence-electron chi connectivity index (χ4n) is 2.09. The second-order valence-corrected chi connectivity index (χ2v) is 6.58. The van der Waals surface area contributed by atoms with Gasteiger partial charge in [-0.3, -0.25) is 0 Å². The van der Waals surface area contributed by atoms with Crippen LogP contribution in [0.25, 0.3) is 0 Å². The first-order valence-electron chi connectivity index (χ1n) is 6.41. The lowest BCUT2D eigenvalue weighted by Crippen LogP contribution is -2.12. The van der Waals surface area contributed by atoms with Gasteiger partial charge in [-0.2, -0.15) is 0 Å². The molecule has 2 nitrogen and oxygen atoms in total. The molecule has 4 heteroatoms. The molecule has 20 heavy (non-hydrogen) atoms. The summed E-state index contributed by atoms with van der Waals surface area (Å²) >= 11 is 6.97. The summed E-state index contributed by atoms with van der Waals surface area (Å²) < 4.78 is 2.11. The number of halogens is 2. The molecule has 0 aromatic heterocycles. The van der Waals surface area contributed by atoms with Gasteiger partial charge in [0.05, 0.1) is 6.10 Å². The van der Waals surface area contributed by atoms with E-state index in [4.69, 9.17) is 0 Å². The van der Waals surface area contributed by atoms with Gasteiger partial charge in [0.1, 0.15) is 0 Å². The zero-order valence-corrected chi connectivity index (χ0v) is 14.6. The van der Waals surface area contributed by atoms with E-state index in [2.05, 4.69) is 63.2 Å². The molecule has 1 atom stereocenters. The van der Waals surface area contributed by atoms with E-state index in [-0.39, 0.29) is 0 Å². The van der Waals surface area contributed by atoms with Crippen molar-refractivity contribution < 1.29 is 5.11 Å². The summed E-state index contributed by atoms with van der Waals surface area (Å²) in [6.45, 7) is 4.61. The minimum absolute atomic E-state index is 0.483. The highest BCUT2D eigenvalue weighted by atomic mass is 79.9. The number of benzene rings is 2. The third-order valence-corrected chi connectivity index (χ3v) is 4.91. The highest BCUT2D eigenvalue weighted by Crippen LogP contribution is 2.25. The Morgan fingerprint density at radius 3 is 2.35 bits per heavy atom. The van der Waals surface area contributed by atoms with E-state index in [0.717, 1.165) is 20.2 Å². The molecule has 0 aliphatic rings. The van der Waals surface area contributed by atoms with Gasteiger partial charge in [-0.15, -0.1) is 0 Å². The molecule has 1 unspecified atom stereocenters. The predicted molar refractivity (Wildman–Crippen MR) is 91.2 cm³/mol. The van der Waals surface area contributed by atoms with Gasteiger partial charge in [-0.05, 0) is 54.8 Å². The van der Waals surface area contributed by atoms with E-state index in [1.165, 1.54) is 11.1 Å². The number of aliphatic hydroxyl groups is 1. The number of hydrogen-bond acceptors (Lipinski definition) is 2. The molecule has 0 saturated carbocycles. The van der Waals surface area contributed by atoms with Gasteiger partial charge in [0.25, 0.3) is 0 Å². The maximum Gasteiger partial charge on any atom is 0.0962 e. The van der Waals surface area contributed by atoms with E-state index >= 15 is 0 Å². The largest absolute Gasteiger partial charge is 0.387 e. The number of rotatable bonds is 4. The van der Waals surface area contributed by atoms with E-state index in [1.54, 1.807) is 0 Å². The van der Waals surface area contributed by atoms with Gasteiger partial charge in [0.15, 0.2) is 0 Å². The Balaban J connectivity index is 2.05. The molecule has 0 aliphatic carbocycles. The molecule has 0 spiro atoms. The van der Waals surface area contributed by atoms with E-state index < -0.39 is 6.10 Å². The van der Waals surface area contributed by atoms with Gasteiger partial charge in [-0.25, -0.2) is 0 Å². The van der Waals surface area contributed by atoms with Crippen molar-refractivity contribution in [2.75, 3.05) is 11.9 Å². The molecule has 0 amide bonds. The van der Waals surface area contributed by atoms with Crippen LogP contribution in [0.15, 0.2) is 45.3 Å². The normalized spacial score (nSPS) is 12.2. The molecular weight excluding hydrogens is 382 g/mol. The summed E-state index contributed by atoms with van der Waals surface area (Å²) in [6.07, 6.45) is -0.531. The topological polar surface area (TPSA) is 32.3 Å². The van der Waals surface area contributed by atoms with Crippen molar-refractivity contribution in [3.05, 3.63) is 62.0 Å². The lowest BCUT2D eigenvalue weighted by molar-refractivity contribution is 0.191. The summed E-state index contributed by atoms with van der Waals surface area (Å²) in [7, 11) is 0. The van der Waals surface area contributed by atoms with Crippen LogP contribution in [0.3, 0.4) is 0 Å². The van der Waals surface area contributed by atoms with Crippen LogP contribution in [-0.2, 0) is 0 Å². The Morgan fingerprint density at radius 2 is 1.75 bits per heavy atom. The number of aryl methyl sites for hydroxylation is 2. The summed E-state index contributed by atoms with van der Waals surface area (Å²) in [5.41, 5.74) is 4.29. The summed E-state index contributed by atoms with van der Waals surface area (Å²) in [4.78, 5) is 0. The second kappa shape index (κ2) is 6.74. The Hall–Kier alpha value is -0.840. The highest BCUT2D eigenvalue weighted by Gasteiger charge is 2.08. The lowest BCUT2D eigenvalue weighted by atomic mass is 10.1. The van der Waals surface area contributed by atoms with Crippen molar-refractivity contribution in [1.29, 1.82) is 0 Å². The molecule has 0 fully saturated rings. The first kappa shape index (κ1) is 15.5. The van der Waals surface area contributed by atoms with Gasteiger partial charge >= 0.3 is 0 Å². The minimum atomic E-state index is -0.531. The average molecular weight is 399 g/mol. The molecule has 0 bridgehead atoms. The third-order valence-electron chi connectivity index (χ3n) is 3.17. The smallest absolute Gasteiger partial charge is 0.0962 e.